The van der Waals surface area contributed by atoms with Gasteiger partial charge in [0, 0.05) is 13.0 Å². The number of nitrogens with one attached hydrogen (secondary N) is 1. The molecule has 0 saturated heterocycles. The number of carbonyl (C=O) groups is 2. The molecule has 5 heteroatoms. The lowest BCUT2D eigenvalue weighted by Gasteiger charge is -2.25. The average Bonchev–Trinajstić information content (AvgIpc) is 2.63. The smallest absolute Gasteiger partial charge is 0.335 e. The molecule has 0 heterocycles. The molecule has 1 atom stereocenters. The van der Waals surface area contributed by atoms with Crippen molar-refractivity contribution in [2.75, 3.05) is 6.54 Å². The summed E-state index contributed by atoms with van der Waals surface area (Å²) in [4.78, 5) is 23.5. The first-order chi connectivity index (χ1) is 12.5. The van der Waals surface area contributed by atoms with Crippen LogP contribution >= 0.6 is 0 Å². The summed E-state index contributed by atoms with van der Waals surface area (Å²) in [6.07, 6.45) is 3.76. The predicted molar refractivity (Wildman–Crippen MR) is 98.5 cm³/mol. The van der Waals surface area contributed by atoms with E-state index in [2.05, 4.69) is 5.32 Å². The topological polar surface area (TPSA) is 86.6 Å². The fraction of sp³-hybridized carbons (Fsp3) is 0.333. The molecule has 1 aliphatic rings. The Morgan fingerprint density at radius 1 is 1.15 bits per heavy atom. The Balaban J connectivity index is 1.59. The summed E-state index contributed by atoms with van der Waals surface area (Å²) in [5, 5.41) is 21.9. The number of aromatic hydroxyl groups is 1. The molecular weight excluding hydrogens is 330 g/mol. The van der Waals surface area contributed by atoms with Crippen molar-refractivity contribution < 1.29 is 19.8 Å². The van der Waals surface area contributed by atoms with E-state index in [0.29, 0.717) is 19.4 Å². The van der Waals surface area contributed by atoms with Crippen LogP contribution in [0.15, 0.2) is 42.5 Å². The number of fused-ring (bicyclic) bond motifs is 1. The highest BCUT2D eigenvalue weighted by Gasteiger charge is 2.23. The number of carbonyl (C=O) groups excluding carboxylic acids is 1. The van der Waals surface area contributed by atoms with Crippen LogP contribution in [0.25, 0.3) is 0 Å². The first-order valence-electron chi connectivity index (χ1n) is 8.94. The van der Waals surface area contributed by atoms with Gasteiger partial charge in [-0.2, -0.15) is 0 Å². The van der Waals surface area contributed by atoms with Crippen LogP contribution in [0.3, 0.4) is 0 Å². The Kier molecular flexibility index (Phi) is 5.56. The third-order valence-corrected chi connectivity index (χ3v) is 4.97. The molecule has 0 radical (unpaired) electrons. The van der Waals surface area contributed by atoms with Crippen LogP contribution in [0.2, 0.25) is 0 Å². The summed E-state index contributed by atoms with van der Waals surface area (Å²) in [6, 6.07) is 12.3. The third kappa shape index (κ3) is 4.23. The number of aryl methyl sites for hydroxylation is 1. The van der Waals surface area contributed by atoms with E-state index in [1.807, 2.05) is 18.2 Å². The molecule has 1 amide bonds. The number of benzene rings is 2. The lowest BCUT2D eigenvalue weighted by Crippen LogP contribution is -2.28. The normalized spacial score (nSPS) is 15.9. The van der Waals surface area contributed by atoms with Crippen molar-refractivity contribution in [3.05, 3.63) is 64.7 Å². The second-order valence-corrected chi connectivity index (χ2v) is 6.74. The van der Waals surface area contributed by atoms with E-state index in [4.69, 9.17) is 0 Å². The number of amides is 1. The largest absolute Gasteiger partial charge is 0.508 e. The van der Waals surface area contributed by atoms with Gasteiger partial charge in [0.05, 0.1) is 5.56 Å². The highest BCUT2D eigenvalue weighted by Crippen LogP contribution is 2.34. The maximum atomic E-state index is 12.3. The van der Waals surface area contributed by atoms with Crippen LogP contribution < -0.4 is 5.32 Å². The number of aromatic carboxylic acids is 1. The Morgan fingerprint density at radius 2 is 1.96 bits per heavy atom. The van der Waals surface area contributed by atoms with Gasteiger partial charge in [0.25, 0.3) is 0 Å². The van der Waals surface area contributed by atoms with Crippen molar-refractivity contribution in [3.63, 3.8) is 0 Å². The van der Waals surface area contributed by atoms with Gasteiger partial charge in [-0.15, -0.1) is 0 Å². The minimum atomic E-state index is -0.941. The summed E-state index contributed by atoms with van der Waals surface area (Å²) in [5.41, 5.74) is 3.22. The molecule has 0 fully saturated rings. The fourth-order valence-corrected chi connectivity index (χ4v) is 3.60. The summed E-state index contributed by atoms with van der Waals surface area (Å²) in [6.45, 7) is 0.463. The number of phenols is 1. The van der Waals surface area contributed by atoms with E-state index in [1.54, 1.807) is 24.3 Å². The van der Waals surface area contributed by atoms with E-state index in [-0.39, 0.29) is 23.1 Å². The van der Waals surface area contributed by atoms with Gasteiger partial charge in [-0.3, -0.25) is 4.79 Å². The second-order valence-electron chi connectivity index (χ2n) is 6.74. The number of carboxylic acids is 1. The quantitative estimate of drug-likeness (QED) is 0.744. The van der Waals surface area contributed by atoms with E-state index >= 15 is 0 Å². The number of hydrogen-bond acceptors (Lipinski definition) is 3. The first kappa shape index (κ1) is 18.0. The molecule has 2 aromatic carbocycles. The van der Waals surface area contributed by atoms with E-state index < -0.39 is 5.97 Å². The third-order valence-electron chi connectivity index (χ3n) is 4.97. The molecule has 0 aromatic heterocycles. The number of phenolic OH excluding ortho intramolecular Hbond substituents is 1. The monoisotopic (exact) mass is 353 g/mol. The zero-order chi connectivity index (χ0) is 18.5. The Bertz CT molecular complexity index is 815. The SMILES string of the molecule is O=C(CC1CCCc2ccc(C(=O)O)cc21)NCCc1ccccc1O. The zero-order valence-corrected chi connectivity index (χ0v) is 14.6. The molecule has 3 rings (SSSR count). The van der Waals surface area contributed by atoms with Gasteiger partial charge in [-0.25, -0.2) is 4.79 Å². The molecule has 1 aliphatic carbocycles. The zero-order valence-electron chi connectivity index (χ0n) is 14.6. The summed E-state index contributed by atoms with van der Waals surface area (Å²) in [7, 11) is 0. The Morgan fingerprint density at radius 3 is 2.73 bits per heavy atom. The highest BCUT2D eigenvalue weighted by atomic mass is 16.4. The van der Waals surface area contributed by atoms with E-state index in [0.717, 1.165) is 36.0 Å². The van der Waals surface area contributed by atoms with E-state index in [1.165, 1.54) is 0 Å². The summed E-state index contributed by atoms with van der Waals surface area (Å²) >= 11 is 0. The standard InChI is InChI=1S/C21H23NO4/c23-19-7-2-1-4-15(19)10-11-22-20(24)13-16-6-3-5-14-8-9-17(21(25)26)12-18(14)16/h1-2,4,7-9,12,16,23H,3,5-6,10-11,13H2,(H,22,24)(H,25,26). The lowest BCUT2D eigenvalue weighted by atomic mass is 9.80. The van der Waals surface area contributed by atoms with Gasteiger partial charge in [0.2, 0.25) is 5.91 Å². The Hall–Kier alpha value is -2.82. The first-order valence-corrected chi connectivity index (χ1v) is 8.94. The average molecular weight is 353 g/mol. The molecule has 3 N–H and O–H groups in total. The summed E-state index contributed by atoms with van der Waals surface area (Å²) < 4.78 is 0. The molecule has 0 saturated carbocycles. The van der Waals surface area contributed by atoms with Crippen molar-refractivity contribution in [1.82, 2.24) is 5.32 Å². The molecule has 5 nitrogen and oxygen atoms in total. The lowest BCUT2D eigenvalue weighted by molar-refractivity contribution is -0.121. The van der Waals surface area contributed by atoms with E-state index in [9.17, 15) is 19.8 Å². The molecule has 26 heavy (non-hydrogen) atoms. The summed E-state index contributed by atoms with van der Waals surface area (Å²) in [5.74, 6) is -0.685. The van der Waals surface area contributed by atoms with Gasteiger partial charge in [0.1, 0.15) is 5.75 Å². The molecule has 2 aromatic rings. The number of rotatable bonds is 6. The maximum absolute atomic E-state index is 12.3. The number of para-hydroxylation sites is 1. The van der Waals surface area contributed by atoms with Crippen molar-refractivity contribution in [3.8, 4) is 5.75 Å². The van der Waals surface area contributed by atoms with Crippen LogP contribution in [0.5, 0.6) is 5.75 Å². The van der Waals surface area contributed by atoms with Crippen molar-refractivity contribution in [2.24, 2.45) is 0 Å². The van der Waals surface area contributed by atoms with Crippen LogP contribution in [-0.4, -0.2) is 28.6 Å². The molecule has 1 unspecified atom stereocenters. The molecule has 0 bridgehead atoms. The highest BCUT2D eigenvalue weighted by molar-refractivity contribution is 5.88. The van der Waals surface area contributed by atoms with Crippen LogP contribution in [0.4, 0.5) is 0 Å². The van der Waals surface area contributed by atoms with Gasteiger partial charge in [-0.05, 0) is 66.5 Å². The van der Waals surface area contributed by atoms with Gasteiger partial charge in [0.15, 0.2) is 0 Å². The minimum absolute atomic E-state index is 0.0426. The molecule has 136 valence electrons. The predicted octanol–water partition coefficient (Wildman–Crippen LogP) is 3.26. The molecule has 0 spiro atoms. The van der Waals surface area contributed by atoms with Crippen LogP contribution in [0, 0.1) is 0 Å². The fourth-order valence-electron chi connectivity index (χ4n) is 3.60. The minimum Gasteiger partial charge on any atom is -0.508 e. The Labute approximate surface area is 152 Å². The van der Waals surface area contributed by atoms with Crippen LogP contribution in [-0.2, 0) is 17.6 Å². The molecular formula is C21H23NO4. The molecule has 0 aliphatic heterocycles. The van der Waals surface area contributed by atoms with Crippen molar-refractivity contribution >= 4 is 11.9 Å². The maximum Gasteiger partial charge on any atom is 0.335 e. The van der Waals surface area contributed by atoms with Gasteiger partial charge in [-0.1, -0.05) is 24.3 Å². The number of hydrogen-bond donors (Lipinski definition) is 3. The van der Waals surface area contributed by atoms with Crippen molar-refractivity contribution in [1.29, 1.82) is 0 Å². The second kappa shape index (κ2) is 8.04. The van der Waals surface area contributed by atoms with Crippen LogP contribution in [0.1, 0.15) is 52.2 Å². The number of carboxylic acid groups (broad SMARTS) is 1. The van der Waals surface area contributed by atoms with Gasteiger partial charge >= 0.3 is 5.97 Å². The van der Waals surface area contributed by atoms with Crippen molar-refractivity contribution in [2.45, 2.75) is 38.0 Å². The van der Waals surface area contributed by atoms with Gasteiger partial charge < -0.3 is 15.5 Å².